The van der Waals surface area contributed by atoms with E-state index in [1.165, 1.54) is 12.5 Å². The molecule has 28 heavy (non-hydrogen) atoms. The fourth-order valence-electron chi connectivity index (χ4n) is 3.57. The number of Topliss-reactive ketones (excluding diaryl/α,β-unsaturated/α-hetero) is 1. The molecule has 0 saturated carbocycles. The number of rotatable bonds is 7. The van der Waals surface area contributed by atoms with Crippen LogP contribution >= 0.6 is 0 Å². The highest BCUT2D eigenvalue weighted by Gasteiger charge is 2.25. The van der Waals surface area contributed by atoms with E-state index in [0.29, 0.717) is 17.9 Å². The lowest BCUT2D eigenvalue weighted by molar-refractivity contribution is -0.121. The Kier molecular flexibility index (Phi) is 6.82. The average Bonchev–Trinajstić information content (AvgIpc) is 2.69. The minimum Gasteiger partial charge on any atom is -0.494 e. The quantitative estimate of drug-likeness (QED) is 0.734. The van der Waals surface area contributed by atoms with Crippen molar-refractivity contribution >= 4 is 17.4 Å². The van der Waals surface area contributed by atoms with Crippen LogP contribution in [-0.2, 0) is 11.3 Å². The molecule has 0 aliphatic carbocycles. The molecule has 1 heterocycles. The van der Waals surface area contributed by atoms with Gasteiger partial charge in [0.05, 0.1) is 6.61 Å². The molecular formula is C23H28N2O3. The minimum atomic E-state index is -0.00202. The fraction of sp³-hybridized carbons (Fsp3) is 0.391. The molecule has 2 aromatic carbocycles. The highest BCUT2D eigenvalue weighted by molar-refractivity contribution is 5.97. The summed E-state index contributed by atoms with van der Waals surface area (Å²) in [6.07, 6.45) is 1.67. The molecule has 148 valence electrons. The molecule has 0 atom stereocenters. The molecule has 0 bridgehead atoms. The van der Waals surface area contributed by atoms with E-state index in [1.54, 1.807) is 18.2 Å². The van der Waals surface area contributed by atoms with Crippen molar-refractivity contribution in [2.24, 2.45) is 5.92 Å². The van der Waals surface area contributed by atoms with Crippen LogP contribution in [0.4, 0.5) is 5.69 Å². The average molecular weight is 380 g/mol. The summed E-state index contributed by atoms with van der Waals surface area (Å²) in [6.45, 7) is 6.84. The topological polar surface area (TPSA) is 58.6 Å². The van der Waals surface area contributed by atoms with E-state index in [0.717, 1.165) is 38.2 Å². The van der Waals surface area contributed by atoms with Crippen LogP contribution in [0.25, 0.3) is 0 Å². The second kappa shape index (κ2) is 9.51. The Bertz CT molecular complexity index is 826. The van der Waals surface area contributed by atoms with Gasteiger partial charge >= 0.3 is 0 Å². The summed E-state index contributed by atoms with van der Waals surface area (Å²) in [5.41, 5.74) is 2.53. The van der Waals surface area contributed by atoms with Gasteiger partial charge in [-0.15, -0.1) is 0 Å². The summed E-state index contributed by atoms with van der Waals surface area (Å²) >= 11 is 0. The van der Waals surface area contributed by atoms with Crippen molar-refractivity contribution in [3.63, 3.8) is 0 Å². The molecule has 5 heteroatoms. The lowest BCUT2D eigenvalue weighted by Gasteiger charge is -2.31. The van der Waals surface area contributed by atoms with Gasteiger partial charge in [0.15, 0.2) is 5.78 Å². The number of nitrogens with zero attached hydrogens (tertiary/aromatic N) is 1. The minimum absolute atomic E-state index is 0.00202. The highest BCUT2D eigenvalue weighted by atomic mass is 16.5. The maximum atomic E-state index is 12.6. The number of anilines is 1. The van der Waals surface area contributed by atoms with E-state index in [-0.39, 0.29) is 17.6 Å². The summed E-state index contributed by atoms with van der Waals surface area (Å²) < 4.78 is 5.57. The highest BCUT2D eigenvalue weighted by Crippen LogP contribution is 2.22. The number of carbonyl (C=O) groups is 2. The molecule has 0 spiro atoms. The molecule has 0 radical (unpaired) electrons. The van der Waals surface area contributed by atoms with Gasteiger partial charge in [-0.05, 0) is 69.6 Å². The number of piperidine rings is 1. The Morgan fingerprint density at radius 2 is 1.86 bits per heavy atom. The van der Waals surface area contributed by atoms with E-state index < -0.39 is 0 Å². The number of ether oxygens (including phenoxy) is 1. The number of carbonyl (C=O) groups excluding carboxylic acids is 2. The summed E-state index contributed by atoms with van der Waals surface area (Å²) in [5, 5.41) is 2.97. The van der Waals surface area contributed by atoms with E-state index in [2.05, 4.69) is 22.3 Å². The van der Waals surface area contributed by atoms with Gasteiger partial charge in [-0.2, -0.15) is 0 Å². The molecule has 5 nitrogen and oxygen atoms in total. The lowest BCUT2D eigenvalue weighted by Crippen LogP contribution is -2.37. The van der Waals surface area contributed by atoms with Crippen molar-refractivity contribution < 1.29 is 14.3 Å². The van der Waals surface area contributed by atoms with Crippen LogP contribution in [0, 0.1) is 5.92 Å². The standard InChI is InChI=1S/C23H28N2O3/c1-3-28-22-9-4-6-18(14-22)16-25-12-10-19(11-13-25)23(27)24-21-8-5-7-20(15-21)17(2)26/h4-9,14-15,19H,3,10-13,16H2,1-2H3,(H,24,27). The number of benzene rings is 2. The largest absolute Gasteiger partial charge is 0.494 e. The number of nitrogens with one attached hydrogen (secondary N) is 1. The number of ketones is 1. The number of hydrogen-bond donors (Lipinski definition) is 1. The Morgan fingerprint density at radius 1 is 1.11 bits per heavy atom. The van der Waals surface area contributed by atoms with Crippen LogP contribution in [-0.4, -0.2) is 36.3 Å². The van der Waals surface area contributed by atoms with Gasteiger partial charge in [-0.25, -0.2) is 0 Å². The second-order valence-corrected chi connectivity index (χ2v) is 7.26. The van der Waals surface area contributed by atoms with Gasteiger partial charge in [0.1, 0.15) is 5.75 Å². The third-order valence-electron chi connectivity index (χ3n) is 5.11. The number of likely N-dealkylation sites (tertiary alicyclic amines) is 1. The molecule has 1 saturated heterocycles. The molecule has 0 unspecified atom stereocenters. The zero-order valence-corrected chi connectivity index (χ0v) is 16.6. The van der Waals surface area contributed by atoms with Crippen LogP contribution in [0.5, 0.6) is 5.75 Å². The van der Waals surface area contributed by atoms with E-state index >= 15 is 0 Å². The van der Waals surface area contributed by atoms with Gasteiger partial charge in [0.2, 0.25) is 5.91 Å². The molecular weight excluding hydrogens is 352 g/mol. The zero-order valence-electron chi connectivity index (χ0n) is 16.6. The van der Waals surface area contributed by atoms with E-state index in [9.17, 15) is 9.59 Å². The van der Waals surface area contributed by atoms with Crippen LogP contribution in [0.2, 0.25) is 0 Å². The summed E-state index contributed by atoms with van der Waals surface area (Å²) in [7, 11) is 0. The monoisotopic (exact) mass is 380 g/mol. The van der Waals surface area contributed by atoms with Crippen LogP contribution in [0.3, 0.4) is 0 Å². The van der Waals surface area contributed by atoms with Crippen LogP contribution < -0.4 is 10.1 Å². The fourth-order valence-corrected chi connectivity index (χ4v) is 3.57. The summed E-state index contributed by atoms with van der Waals surface area (Å²) in [4.78, 5) is 26.5. The molecule has 3 rings (SSSR count). The van der Waals surface area contributed by atoms with Gasteiger partial charge in [0, 0.05) is 23.7 Å². The van der Waals surface area contributed by atoms with Crippen LogP contribution in [0.15, 0.2) is 48.5 Å². The third-order valence-corrected chi connectivity index (χ3v) is 5.11. The Morgan fingerprint density at radius 3 is 2.57 bits per heavy atom. The van der Waals surface area contributed by atoms with E-state index in [4.69, 9.17) is 4.74 Å². The molecule has 1 amide bonds. The van der Waals surface area contributed by atoms with E-state index in [1.807, 2.05) is 25.1 Å². The Balaban J connectivity index is 1.51. The summed E-state index contributed by atoms with van der Waals surface area (Å²) in [6, 6.07) is 15.3. The number of amides is 1. The molecule has 1 N–H and O–H groups in total. The number of hydrogen-bond acceptors (Lipinski definition) is 4. The predicted molar refractivity (Wildman–Crippen MR) is 111 cm³/mol. The predicted octanol–water partition coefficient (Wildman–Crippen LogP) is 4.14. The van der Waals surface area contributed by atoms with Crippen molar-refractivity contribution in [2.75, 3.05) is 25.0 Å². The van der Waals surface area contributed by atoms with Crippen molar-refractivity contribution in [1.29, 1.82) is 0 Å². The third kappa shape index (κ3) is 5.42. The van der Waals surface area contributed by atoms with Crippen molar-refractivity contribution in [3.05, 3.63) is 59.7 Å². The second-order valence-electron chi connectivity index (χ2n) is 7.26. The smallest absolute Gasteiger partial charge is 0.227 e. The first kappa shape index (κ1) is 20.1. The maximum absolute atomic E-state index is 12.6. The first-order valence-corrected chi connectivity index (χ1v) is 9.91. The Labute approximate surface area is 166 Å². The maximum Gasteiger partial charge on any atom is 0.227 e. The van der Waals surface area contributed by atoms with Crippen molar-refractivity contribution in [1.82, 2.24) is 4.90 Å². The van der Waals surface area contributed by atoms with Gasteiger partial charge in [0.25, 0.3) is 0 Å². The van der Waals surface area contributed by atoms with Crippen LogP contribution in [0.1, 0.15) is 42.6 Å². The zero-order chi connectivity index (χ0) is 19.9. The molecule has 2 aromatic rings. The SMILES string of the molecule is CCOc1cccc(CN2CCC(C(=O)Nc3cccc(C(C)=O)c3)CC2)c1. The lowest BCUT2D eigenvalue weighted by atomic mass is 9.95. The van der Waals surface area contributed by atoms with Gasteiger partial charge in [-0.1, -0.05) is 24.3 Å². The van der Waals surface area contributed by atoms with Gasteiger partial charge < -0.3 is 10.1 Å². The Hall–Kier alpha value is -2.66. The normalized spacial score (nSPS) is 15.2. The van der Waals surface area contributed by atoms with Crippen molar-refractivity contribution in [2.45, 2.75) is 33.2 Å². The first-order valence-electron chi connectivity index (χ1n) is 9.91. The molecule has 1 fully saturated rings. The van der Waals surface area contributed by atoms with Crippen molar-refractivity contribution in [3.8, 4) is 5.75 Å². The molecule has 0 aromatic heterocycles. The first-order chi connectivity index (χ1) is 13.5. The molecule has 1 aliphatic rings. The summed E-state index contributed by atoms with van der Waals surface area (Å²) in [5.74, 6) is 0.950. The van der Waals surface area contributed by atoms with Gasteiger partial charge in [-0.3, -0.25) is 14.5 Å². The molecule has 1 aliphatic heterocycles.